The van der Waals surface area contributed by atoms with Gasteiger partial charge < -0.3 is 14.5 Å². The second-order valence-electron chi connectivity index (χ2n) is 10.8. The van der Waals surface area contributed by atoms with Crippen molar-refractivity contribution in [1.82, 2.24) is 24.3 Å². The molecule has 0 saturated carbocycles. The SMILES string of the molecule is C[C@H](c1cc2c(-c3ccc4[nH]ccc4c3)ccnc2n1C)N1CCC(c2ccc(C(=O)N(C)C)cc2)CC1. The van der Waals surface area contributed by atoms with E-state index in [2.05, 4.69) is 77.0 Å². The molecule has 0 radical (unpaired) electrons. The van der Waals surface area contributed by atoms with Crippen molar-refractivity contribution < 1.29 is 4.79 Å². The Labute approximate surface area is 223 Å². The van der Waals surface area contributed by atoms with E-state index in [9.17, 15) is 4.79 Å². The number of benzene rings is 2. The maximum absolute atomic E-state index is 12.2. The van der Waals surface area contributed by atoms with Crippen LogP contribution in [0.25, 0.3) is 33.1 Å². The third-order valence-electron chi connectivity index (χ3n) is 8.37. The molecule has 1 N–H and O–H groups in total. The van der Waals surface area contributed by atoms with E-state index >= 15 is 0 Å². The van der Waals surface area contributed by atoms with E-state index < -0.39 is 0 Å². The maximum Gasteiger partial charge on any atom is 0.253 e. The number of amides is 1. The normalized spacial score (nSPS) is 15.8. The lowest BCUT2D eigenvalue weighted by molar-refractivity contribution is 0.0827. The minimum atomic E-state index is 0.0535. The van der Waals surface area contributed by atoms with Gasteiger partial charge in [-0.3, -0.25) is 9.69 Å². The Morgan fingerprint density at radius 3 is 2.53 bits per heavy atom. The maximum atomic E-state index is 12.2. The number of fused-ring (bicyclic) bond motifs is 2. The zero-order valence-corrected chi connectivity index (χ0v) is 22.6. The minimum Gasteiger partial charge on any atom is -0.361 e. The van der Waals surface area contributed by atoms with Crippen LogP contribution in [0.1, 0.15) is 53.3 Å². The Morgan fingerprint density at radius 1 is 1.03 bits per heavy atom. The lowest BCUT2D eigenvalue weighted by atomic mass is 9.88. The molecule has 3 aromatic heterocycles. The van der Waals surface area contributed by atoms with Crippen molar-refractivity contribution in [2.75, 3.05) is 27.2 Å². The zero-order valence-electron chi connectivity index (χ0n) is 22.6. The Morgan fingerprint density at radius 2 is 1.79 bits per heavy atom. The Kier molecular flexibility index (Phi) is 6.28. The smallest absolute Gasteiger partial charge is 0.253 e. The fraction of sp³-hybridized carbons (Fsp3) is 0.312. The highest BCUT2D eigenvalue weighted by atomic mass is 16.2. The lowest BCUT2D eigenvalue weighted by Crippen LogP contribution is -2.35. The van der Waals surface area contributed by atoms with Gasteiger partial charge in [0.05, 0.1) is 0 Å². The van der Waals surface area contributed by atoms with Crippen molar-refractivity contribution in [1.29, 1.82) is 0 Å². The predicted octanol–water partition coefficient (Wildman–Crippen LogP) is 6.36. The van der Waals surface area contributed by atoms with Crippen LogP contribution in [0.2, 0.25) is 0 Å². The molecule has 1 fully saturated rings. The van der Waals surface area contributed by atoms with Crippen molar-refractivity contribution in [2.24, 2.45) is 7.05 Å². The van der Waals surface area contributed by atoms with Gasteiger partial charge in [0.1, 0.15) is 5.65 Å². The van der Waals surface area contributed by atoms with Crippen LogP contribution in [0.5, 0.6) is 0 Å². The molecule has 1 aliphatic rings. The summed E-state index contributed by atoms with van der Waals surface area (Å²) in [6, 6.07) is 21.7. The number of rotatable bonds is 5. The van der Waals surface area contributed by atoms with Crippen molar-refractivity contribution >= 4 is 27.8 Å². The first-order chi connectivity index (χ1) is 18.4. The summed E-state index contributed by atoms with van der Waals surface area (Å²) in [6.07, 6.45) is 6.16. The van der Waals surface area contributed by atoms with Gasteiger partial charge in [0.25, 0.3) is 5.91 Å². The molecule has 2 aromatic carbocycles. The van der Waals surface area contributed by atoms with E-state index in [0.29, 0.717) is 12.0 Å². The molecular formula is C32H35N5O. The largest absolute Gasteiger partial charge is 0.361 e. The summed E-state index contributed by atoms with van der Waals surface area (Å²) in [5, 5.41) is 2.42. The molecule has 6 heteroatoms. The van der Waals surface area contributed by atoms with Crippen LogP contribution in [-0.4, -0.2) is 57.4 Å². The standard InChI is InChI=1S/C32H35N5O/c1-21(37-17-13-23(14-18-37)22-5-7-24(8-6-22)32(38)35(2)3)30-20-28-27(12-16-34-31(28)36(30)4)25-9-10-29-26(19-25)11-15-33-29/h5-12,15-16,19-21,23,33H,13-14,17-18H2,1-4H3/t21-/m1/s1. The van der Waals surface area contributed by atoms with Crippen LogP contribution < -0.4 is 0 Å². The molecule has 1 amide bonds. The molecule has 38 heavy (non-hydrogen) atoms. The summed E-state index contributed by atoms with van der Waals surface area (Å²) in [5.74, 6) is 0.587. The molecule has 4 heterocycles. The number of nitrogens with one attached hydrogen (secondary N) is 1. The number of nitrogens with zero attached hydrogens (tertiary/aromatic N) is 4. The van der Waals surface area contributed by atoms with E-state index in [0.717, 1.165) is 42.7 Å². The average Bonchev–Trinajstić information content (AvgIpc) is 3.56. The van der Waals surface area contributed by atoms with Gasteiger partial charge >= 0.3 is 0 Å². The topological polar surface area (TPSA) is 57.2 Å². The number of likely N-dealkylation sites (tertiary alicyclic amines) is 1. The Hall–Kier alpha value is -3.90. The van der Waals surface area contributed by atoms with Crippen LogP contribution in [-0.2, 0) is 7.05 Å². The molecule has 0 unspecified atom stereocenters. The zero-order chi connectivity index (χ0) is 26.4. The highest BCUT2D eigenvalue weighted by Crippen LogP contribution is 2.36. The number of H-pyrrole nitrogens is 1. The molecule has 6 nitrogen and oxygen atoms in total. The van der Waals surface area contributed by atoms with Crippen LogP contribution in [0, 0.1) is 0 Å². The molecule has 0 spiro atoms. The highest BCUT2D eigenvalue weighted by molar-refractivity contribution is 5.96. The van der Waals surface area contributed by atoms with Gasteiger partial charge in [0, 0.05) is 61.7 Å². The molecular weight excluding hydrogens is 470 g/mol. The molecule has 1 aliphatic heterocycles. The first-order valence-electron chi connectivity index (χ1n) is 13.5. The molecule has 0 bridgehead atoms. The van der Waals surface area contributed by atoms with Crippen molar-refractivity contribution in [3.63, 3.8) is 0 Å². The number of aryl methyl sites for hydroxylation is 1. The van der Waals surface area contributed by atoms with Crippen LogP contribution in [0.4, 0.5) is 0 Å². The molecule has 1 saturated heterocycles. The van der Waals surface area contributed by atoms with Crippen molar-refractivity contribution in [3.05, 3.63) is 89.9 Å². The number of pyridine rings is 1. The first-order valence-corrected chi connectivity index (χ1v) is 13.5. The third-order valence-corrected chi connectivity index (χ3v) is 8.37. The minimum absolute atomic E-state index is 0.0535. The molecule has 1 atom stereocenters. The van der Waals surface area contributed by atoms with E-state index in [1.165, 1.54) is 33.2 Å². The first kappa shape index (κ1) is 24.4. The summed E-state index contributed by atoms with van der Waals surface area (Å²) in [4.78, 5) is 24.5. The fourth-order valence-corrected chi connectivity index (χ4v) is 6.08. The average molecular weight is 506 g/mol. The van der Waals surface area contributed by atoms with Crippen LogP contribution >= 0.6 is 0 Å². The van der Waals surface area contributed by atoms with E-state index in [1.54, 1.807) is 19.0 Å². The monoisotopic (exact) mass is 505 g/mol. The molecule has 6 rings (SSSR count). The predicted molar refractivity (Wildman–Crippen MR) is 154 cm³/mol. The van der Waals surface area contributed by atoms with Gasteiger partial charge in [0.2, 0.25) is 0 Å². The molecule has 0 aliphatic carbocycles. The second kappa shape index (κ2) is 9.76. The number of aromatic amines is 1. The number of aromatic nitrogens is 3. The Bertz CT molecular complexity index is 1600. The van der Waals surface area contributed by atoms with Gasteiger partial charge in [-0.2, -0.15) is 0 Å². The summed E-state index contributed by atoms with van der Waals surface area (Å²) in [7, 11) is 5.73. The molecule has 5 aromatic rings. The van der Waals surface area contributed by atoms with Gasteiger partial charge in [-0.15, -0.1) is 0 Å². The van der Waals surface area contributed by atoms with Gasteiger partial charge in [-0.1, -0.05) is 18.2 Å². The number of carbonyl (C=O) groups is 1. The lowest BCUT2D eigenvalue weighted by Gasteiger charge is -2.36. The Balaban J connectivity index is 1.20. The quantitative estimate of drug-likeness (QED) is 0.302. The van der Waals surface area contributed by atoms with Crippen LogP contribution in [0.15, 0.2) is 73.1 Å². The third kappa shape index (κ3) is 4.29. The van der Waals surface area contributed by atoms with E-state index in [1.807, 2.05) is 24.5 Å². The van der Waals surface area contributed by atoms with Gasteiger partial charge in [0.15, 0.2) is 0 Å². The second-order valence-corrected chi connectivity index (χ2v) is 10.8. The van der Waals surface area contributed by atoms with Crippen molar-refractivity contribution in [3.8, 4) is 11.1 Å². The van der Waals surface area contributed by atoms with Crippen LogP contribution in [0.3, 0.4) is 0 Å². The number of piperidine rings is 1. The van der Waals surface area contributed by atoms with Gasteiger partial charge in [-0.05, 0) is 103 Å². The number of hydrogen-bond donors (Lipinski definition) is 1. The molecule has 194 valence electrons. The van der Waals surface area contributed by atoms with Gasteiger partial charge in [-0.25, -0.2) is 4.98 Å². The fourth-order valence-electron chi connectivity index (χ4n) is 6.08. The van der Waals surface area contributed by atoms with E-state index in [-0.39, 0.29) is 5.91 Å². The highest BCUT2D eigenvalue weighted by Gasteiger charge is 2.27. The number of carbonyl (C=O) groups excluding carboxylic acids is 1. The summed E-state index contributed by atoms with van der Waals surface area (Å²) < 4.78 is 2.27. The van der Waals surface area contributed by atoms with Crippen molar-refractivity contribution in [2.45, 2.75) is 31.7 Å². The summed E-state index contributed by atoms with van der Waals surface area (Å²) in [6.45, 7) is 4.42. The summed E-state index contributed by atoms with van der Waals surface area (Å²) >= 11 is 0. The van der Waals surface area contributed by atoms with E-state index in [4.69, 9.17) is 4.98 Å². The number of hydrogen-bond acceptors (Lipinski definition) is 3. The summed E-state index contributed by atoms with van der Waals surface area (Å²) in [5.41, 5.74) is 8.01.